The van der Waals surface area contributed by atoms with Gasteiger partial charge < -0.3 is 14.6 Å². The van der Waals surface area contributed by atoms with Gasteiger partial charge in [0.25, 0.3) is 5.91 Å². The van der Waals surface area contributed by atoms with Crippen molar-refractivity contribution in [2.45, 2.75) is 26.3 Å². The maximum absolute atomic E-state index is 12.3. The van der Waals surface area contributed by atoms with Crippen LogP contribution in [0.5, 0.6) is 5.75 Å². The number of rotatable bonds is 9. The second kappa shape index (κ2) is 9.89. The maximum atomic E-state index is 12.3. The highest BCUT2D eigenvalue weighted by Crippen LogP contribution is 2.17. The van der Waals surface area contributed by atoms with Crippen molar-refractivity contribution in [1.29, 1.82) is 0 Å². The number of carbonyl (C=O) groups is 1. The fourth-order valence-electron chi connectivity index (χ4n) is 3.51. The lowest BCUT2D eigenvalue weighted by molar-refractivity contribution is 0.0954. The molecule has 0 aliphatic rings. The van der Waals surface area contributed by atoms with E-state index in [0.717, 1.165) is 35.6 Å². The van der Waals surface area contributed by atoms with Gasteiger partial charge in [-0.15, -0.1) is 0 Å². The van der Waals surface area contributed by atoms with Gasteiger partial charge in [-0.1, -0.05) is 29.8 Å². The number of aromatic nitrogens is 3. The average Bonchev–Trinajstić information content (AvgIpc) is 3.16. The Hall–Kier alpha value is -3.67. The van der Waals surface area contributed by atoms with Gasteiger partial charge in [0.1, 0.15) is 11.6 Å². The maximum Gasteiger partial charge on any atom is 0.251 e. The molecule has 0 aliphatic carbocycles. The summed E-state index contributed by atoms with van der Waals surface area (Å²) in [6.45, 7) is 4.02. The number of para-hydroxylation sites is 2. The fourth-order valence-corrected chi connectivity index (χ4v) is 3.51. The van der Waals surface area contributed by atoms with Gasteiger partial charge >= 0.3 is 0 Å². The third-order valence-electron chi connectivity index (χ3n) is 5.13. The van der Waals surface area contributed by atoms with Crippen LogP contribution in [0.15, 0.2) is 73.1 Å². The number of nitrogens with one attached hydrogen (secondary N) is 1. The molecule has 1 amide bonds. The molecule has 0 bridgehead atoms. The molecule has 2 aromatic heterocycles. The molecule has 4 rings (SSSR count). The number of pyridine rings is 1. The molecular weight excluding hydrogens is 388 g/mol. The number of benzene rings is 2. The van der Waals surface area contributed by atoms with Crippen LogP contribution < -0.4 is 10.1 Å². The molecule has 4 aromatic rings. The third-order valence-corrected chi connectivity index (χ3v) is 5.13. The molecule has 0 spiro atoms. The SMILES string of the molecule is Cc1ccc(OCCCn2c(CCNC(=O)c3ccncc3)nc3ccccc32)cc1. The van der Waals surface area contributed by atoms with Gasteiger partial charge in [0.2, 0.25) is 0 Å². The van der Waals surface area contributed by atoms with Gasteiger partial charge in [-0.3, -0.25) is 9.78 Å². The number of carbonyl (C=O) groups excluding carboxylic acids is 1. The molecule has 0 fully saturated rings. The van der Waals surface area contributed by atoms with Crippen molar-refractivity contribution in [2.24, 2.45) is 0 Å². The van der Waals surface area contributed by atoms with Gasteiger partial charge in [-0.05, 0) is 49.7 Å². The molecular formula is C25H26N4O2. The Morgan fingerprint density at radius 3 is 2.61 bits per heavy atom. The van der Waals surface area contributed by atoms with Crippen molar-refractivity contribution in [3.05, 3.63) is 90.0 Å². The summed E-state index contributed by atoms with van der Waals surface area (Å²) in [6.07, 6.45) is 4.76. The molecule has 6 heteroatoms. The van der Waals surface area contributed by atoms with Crippen LogP contribution in [0.2, 0.25) is 0 Å². The Kier molecular flexibility index (Phi) is 6.57. The van der Waals surface area contributed by atoms with Gasteiger partial charge in [0.05, 0.1) is 17.6 Å². The van der Waals surface area contributed by atoms with Crippen molar-refractivity contribution in [3.63, 3.8) is 0 Å². The first-order chi connectivity index (χ1) is 15.2. The molecule has 2 heterocycles. The van der Waals surface area contributed by atoms with Crippen molar-refractivity contribution in [2.75, 3.05) is 13.2 Å². The van der Waals surface area contributed by atoms with E-state index >= 15 is 0 Å². The second-order valence-electron chi connectivity index (χ2n) is 7.43. The topological polar surface area (TPSA) is 69.0 Å². The molecule has 0 radical (unpaired) electrons. The molecule has 0 unspecified atom stereocenters. The Morgan fingerprint density at radius 2 is 1.81 bits per heavy atom. The monoisotopic (exact) mass is 414 g/mol. The highest BCUT2D eigenvalue weighted by atomic mass is 16.5. The minimum Gasteiger partial charge on any atom is -0.494 e. The number of hydrogen-bond donors (Lipinski definition) is 1. The Balaban J connectivity index is 1.37. The number of hydrogen-bond acceptors (Lipinski definition) is 4. The van der Waals surface area contributed by atoms with E-state index in [0.29, 0.717) is 25.1 Å². The number of amides is 1. The fraction of sp³-hybridized carbons (Fsp3) is 0.240. The van der Waals surface area contributed by atoms with Crippen LogP contribution in [-0.2, 0) is 13.0 Å². The molecule has 0 saturated carbocycles. The summed E-state index contributed by atoms with van der Waals surface area (Å²) in [5.41, 5.74) is 3.90. The molecule has 6 nitrogen and oxygen atoms in total. The first-order valence-electron chi connectivity index (χ1n) is 10.5. The van der Waals surface area contributed by atoms with E-state index < -0.39 is 0 Å². The van der Waals surface area contributed by atoms with Crippen LogP contribution in [-0.4, -0.2) is 33.6 Å². The molecule has 158 valence electrons. The molecule has 1 N–H and O–H groups in total. The van der Waals surface area contributed by atoms with E-state index in [-0.39, 0.29) is 5.91 Å². The minimum absolute atomic E-state index is 0.100. The zero-order valence-corrected chi connectivity index (χ0v) is 17.6. The molecule has 0 saturated heterocycles. The van der Waals surface area contributed by atoms with E-state index in [1.807, 2.05) is 30.3 Å². The van der Waals surface area contributed by atoms with E-state index in [1.54, 1.807) is 24.5 Å². The number of aryl methyl sites for hydroxylation is 2. The lowest BCUT2D eigenvalue weighted by Gasteiger charge is -2.11. The van der Waals surface area contributed by atoms with Crippen LogP contribution in [0.25, 0.3) is 11.0 Å². The number of ether oxygens (including phenoxy) is 1. The predicted octanol–water partition coefficient (Wildman–Crippen LogP) is 4.18. The van der Waals surface area contributed by atoms with Gasteiger partial charge in [-0.25, -0.2) is 4.98 Å². The van der Waals surface area contributed by atoms with E-state index in [2.05, 4.69) is 40.0 Å². The zero-order chi connectivity index (χ0) is 21.5. The number of imidazole rings is 1. The van der Waals surface area contributed by atoms with Crippen LogP contribution in [0.1, 0.15) is 28.2 Å². The second-order valence-corrected chi connectivity index (χ2v) is 7.43. The molecule has 0 aliphatic heterocycles. The summed E-state index contributed by atoms with van der Waals surface area (Å²) < 4.78 is 8.11. The van der Waals surface area contributed by atoms with Crippen LogP contribution >= 0.6 is 0 Å². The average molecular weight is 415 g/mol. The summed E-state index contributed by atoms with van der Waals surface area (Å²) in [7, 11) is 0. The Morgan fingerprint density at radius 1 is 1.03 bits per heavy atom. The summed E-state index contributed by atoms with van der Waals surface area (Å²) >= 11 is 0. The summed E-state index contributed by atoms with van der Waals surface area (Å²) in [5.74, 6) is 1.75. The van der Waals surface area contributed by atoms with Crippen molar-refractivity contribution >= 4 is 16.9 Å². The summed E-state index contributed by atoms with van der Waals surface area (Å²) in [5, 5.41) is 2.97. The minimum atomic E-state index is -0.100. The predicted molar refractivity (Wildman–Crippen MR) is 121 cm³/mol. The first-order valence-corrected chi connectivity index (χ1v) is 10.5. The van der Waals surface area contributed by atoms with Gasteiger partial charge in [-0.2, -0.15) is 0 Å². The van der Waals surface area contributed by atoms with Gasteiger partial charge in [0, 0.05) is 37.5 Å². The number of fused-ring (bicyclic) bond motifs is 1. The lowest BCUT2D eigenvalue weighted by atomic mass is 10.2. The summed E-state index contributed by atoms with van der Waals surface area (Å²) in [6, 6.07) is 19.6. The zero-order valence-electron chi connectivity index (χ0n) is 17.6. The van der Waals surface area contributed by atoms with Crippen molar-refractivity contribution in [3.8, 4) is 5.75 Å². The Bertz CT molecular complexity index is 1140. The normalized spacial score (nSPS) is 10.9. The standard InChI is InChI=1S/C25H26N4O2/c1-19-7-9-21(10-8-19)31-18-4-17-29-23-6-3-2-5-22(23)28-24(29)13-16-27-25(30)20-11-14-26-15-12-20/h2-3,5-12,14-15H,4,13,16-18H2,1H3,(H,27,30). The highest BCUT2D eigenvalue weighted by Gasteiger charge is 2.11. The van der Waals surface area contributed by atoms with Gasteiger partial charge in [0.15, 0.2) is 0 Å². The van der Waals surface area contributed by atoms with Crippen LogP contribution in [0.3, 0.4) is 0 Å². The van der Waals surface area contributed by atoms with Crippen LogP contribution in [0, 0.1) is 6.92 Å². The van der Waals surface area contributed by atoms with E-state index in [4.69, 9.17) is 9.72 Å². The number of nitrogens with zero attached hydrogens (tertiary/aromatic N) is 3. The smallest absolute Gasteiger partial charge is 0.251 e. The van der Waals surface area contributed by atoms with E-state index in [9.17, 15) is 4.79 Å². The Labute approximate surface area is 181 Å². The quantitative estimate of drug-likeness (QED) is 0.417. The summed E-state index contributed by atoms with van der Waals surface area (Å²) in [4.78, 5) is 21.0. The first kappa shape index (κ1) is 20.6. The lowest BCUT2D eigenvalue weighted by Crippen LogP contribution is -2.26. The highest BCUT2D eigenvalue weighted by molar-refractivity contribution is 5.93. The van der Waals surface area contributed by atoms with Crippen LogP contribution in [0.4, 0.5) is 0 Å². The third kappa shape index (κ3) is 5.28. The van der Waals surface area contributed by atoms with Crippen molar-refractivity contribution < 1.29 is 9.53 Å². The van der Waals surface area contributed by atoms with E-state index in [1.165, 1.54) is 5.56 Å². The molecule has 0 atom stereocenters. The molecule has 31 heavy (non-hydrogen) atoms. The molecule has 2 aromatic carbocycles. The van der Waals surface area contributed by atoms with Crippen molar-refractivity contribution in [1.82, 2.24) is 19.9 Å². The largest absolute Gasteiger partial charge is 0.494 e.